The average molecular weight is 284 g/mol. The number of halogens is 3. The number of carbonyl (C=O) groups excluding carboxylic acids is 1. The number of hydrogen-bond donors (Lipinski definition) is 1. The van der Waals surface area contributed by atoms with Crippen LogP contribution in [-0.4, -0.2) is 11.1 Å². The minimum Gasteiger partial charge on any atom is -0.361 e. The molecular weight excluding hydrogens is 273 g/mol. The topological polar surface area (TPSA) is 55.1 Å². The number of anilines is 1. The maximum atomic E-state index is 12.5. The van der Waals surface area contributed by atoms with Gasteiger partial charge >= 0.3 is 6.18 Å². The third-order valence-electron chi connectivity index (χ3n) is 2.59. The van der Waals surface area contributed by atoms with Crippen LogP contribution >= 0.6 is 0 Å². The van der Waals surface area contributed by atoms with Gasteiger partial charge in [0, 0.05) is 18.2 Å². The quantitative estimate of drug-likeness (QED) is 0.938. The zero-order chi connectivity index (χ0) is 14.8. The van der Waals surface area contributed by atoms with Gasteiger partial charge in [-0.15, -0.1) is 0 Å². The van der Waals surface area contributed by atoms with Gasteiger partial charge in [0.25, 0.3) is 5.91 Å². The summed E-state index contributed by atoms with van der Waals surface area (Å²) in [6.45, 7) is 1.83. The Bertz CT molecular complexity index is 620. The molecule has 0 radical (unpaired) electrons. The number of aryl methyl sites for hydroxylation is 1. The lowest BCUT2D eigenvalue weighted by Gasteiger charge is -2.08. The van der Waals surface area contributed by atoms with Crippen LogP contribution < -0.4 is 5.32 Å². The Kier molecular flexibility index (Phi) is 3.78. The van der Waals surface area contributed by atoms with Crippen LogP contribution in [0, 0.1) is 0 Å². The van der Waals surface area contributed by atoms with E-state index in [1.165, 1.54) is 18.2 Å². The van der Waals surface area contributed by atoms with E-state index in [1.807, 2.05) is 6.92 Å². The molecule has 2 rings (SSSR count). The van der Waals surface area contributed by atoms with Gasteiger partial charge in [0.2, 0.25) is 0 Å². The highest BCUT2D eigenvalue weighted by Gasteiger charge is 2.30. The molecule has 0 aliphatic heterocycles. The maximum absolute atomic E-state index is 12.5. The minimum absolute atomic E-state index is 0.0271. The second-order valence-electron chi connectivity index (χ2n) is 4.06. The summed E-state index contributed by atoms with van der Waals surface area (Å²) in [5, 5.41) is 5.89. The first-order chi connectivity index (χ1) is 9.40. The zero-order valence-corrected chi connectivity index (χ0v) is 10.5. The van der Waals surface area contributed by atoms with Gasteiger partial charge in [-0.05, 0) is 18.2 Å². The largest absolute Gasteiger partial charge is 0.416 e. The second-order valence-corrected chi connectivity index (χ2v) is 4.06. The molecule has 0 saturated heterocycles. The van der Waals surface area contributed by atoms with Crippen molar-refractivity contribution in [3.63, 3.8) is 0 Å². The number of carbonyl (C=O) groups is 1. The number of amides is 1. The second kappa shape index (κ2) is 5.36. The summed E-state index contributed by atoms with van der Waals surface area (Å²) in [7, 11) is 0. The average Bonchev–Trinajstić information content (AvgIpc) is 2.87. The lowest BCUT2D eigenvalue weighted by atomic mass is 10.2. The highest BCUT2D eigenvalue weighted by atomic mass is 19.4. The molecule has 0 aliphatic carbocycles. The summed E-state index contributed by atoms with van der Waals surface area (Å²) >= 11 is 0. The van der Waals surface area contributed by atoms with Crippen molar-refractivity contribution < 1.29 is 22.5 Å². The Morgan fingerprint density at radius 3 is 2.70 bits per heavy atom. The van der Waals surface area contributed by atoms with Crippen LogP contribution in [0.4, 0.5) is 18.9 Å². The summed E-state index contributed by atoms with van der Waals surface area (Å²) in [5.41, 5.74) is -0.755. The first-order valence-corrected chi connectivity index (χ1v) is 5.84. The Morgan fingerprint density at radius 2 is 2.10 bits per heavy atom. The number of nitrogens with zero attached hydrogens (tertiary/aromatic N) is 1. The molecule has 106 valence electrons. The van der Waals surface area contributed by atoms with E-state index in [-0.39, 0.29) is 11.4 Å². The van der Waals surface area contributed by atoms with Gasteiger partial charge in [-0.2, -0.15) is 13.2 Å². The normalized spacial score (nSPS) is 11.4. The van der Waals surface area contributed by atoms with Gasteiger partial charge in [-0.25, -0.2) is 0 Å². The van der Waals surface area contributed by atoms with E-state index >= 15 is 0 Å². The fraction of sp³-hybridized carbons (Fsp3) is 0.231. The summed E-state index contributed by atoms with van der Waals surface area (Å²) in [6, 6.07) is 5.83. The number of rotatable bonds is 3. The van der Waals surface area contributed by atoms with Crippen LogP contribution in [-0.2, 0) is 12.6 Å². The lowest BCUT2D eigenvalue weighted by Crippen LogP contribution is -2.13. The molecule has 1 aromatic carbocycles. The molecule has 1 heterocycles. The van der Waals surface area contributed by atoms with E-state index in [2.05, 4.69) is 10.5 Å². The molecule has 7 heteroatoms. The molecule has 0 spiro atoms. The van der Waals surface area contributed by atoms with Crippen molar-refractivity contribution in [1.29, 1.82) is 0 Å². The summed E-state index contributed by atoms with van der Waals surface area (Å²) in [4.78, 5) is 11.8. The highest BCUT2D eigenvalue weighted by molar-refractivity contribution is 6.02. The van der Waals surface area contributed by atoms with E-state index < -0.39 is 17.6 Å². The van der Waals surface area contributed by atoms with Gasteiger partial charge in [0.05, 0.1) is 5.56 Å². The number of hydrogen-bond acceptors (Lipinski definition) is 3. The fourth-order valence-corrected chi connectivity index (χ4v) is 1.56. The van der Waals surface area contributed by atoms with E-state index in [9.17, 15) is 18.0 Å². The number of aromatic nitrogens is 1. The molecule has 0 atom stereocenters. The number of alkyl halides is 3. The Balaban J connectivity index is 2.15. The maximum Gasteiger partial charge on any atom is 0.416 e. The van der Waals surface area contributed by atoms with Crippen molar-refractivity contribution in [2.24, 2.45) is 0 Å². The predicted octanol–water partition coefficient (Wildman–Crippen LogP) is 3.51. The first kappa shape index (κ1) is 14.1. The van der Waals surface area contributed by atoms with Crippen LogP contribution in [0.3, 0.4) is 0 Å². The van der Waals surface area contributed by atoms with Crippen LogP contribution in [0.25, 0.3) is 0 Å². The minimum atomic E-state index is -4.45. The molecule has 0 saturated carbocycles. The Morgan fingerprint density at radius 1 is 1.35 bits per heavy atom. The van der Waals surface area contributed by atoms with Crippen LogP contribution in [0.15, 0.2) is 34.9 Å². The van der Waals surface area contributed by atoms with Crippen molar-refractivity contribution in [1.82, 2.24) is 5.16 Å². The first-order valence-electron chi connectivity index (χ1n) is 5.84. The molecule has 1 amide bonds. The molecule has 1 aromatic heterocycles. The molecule has 20 heavy (non-hydrogen) atoms. The van der Waals surface area contributed by atoms with E-state index in [0.29, 0.717) is 12.2 Å². The monoisotopic (exact) mass is 284 g/mol. The van der Waals surface area contributed by atoms with E-state index in [4.69, 9.17) is 4.52 Å². The molecule has 0 bridgehead atoms. The predicted molar refractivity (Wildman–Crippen MR) is 65.3 cm³/mol. The van der Waals surface area contributed by atoms with Crippen molar-refractivity contribution in [3.05, 3.63) is 47.3 Å². The molecule has 0 aliphatic rings. The van der Waals surface area contributed by atoms with Crippen molar-refractivity contribution in [3.8, 4) is 0 Å². The molecular formula is C13H11F3N2O2. The zero-order valence-electron chi connectivity index (χ0n) is 10.5. The van der Waals surface area contributed by atoms with Gasteiger partial charge in [-0.3, -0.25) is 4.79 Å². The smallest absolute Gasteiger partial charge is 0.361 e. The highest BCUT2D eigenvalue weighted by Crippen LogP contribution is 2.30. The molecule has 1 N–H and O–H groups in total. The third kappa shape index (κ3) is 3.17. The molecule has 0 fully saturated rings. The van der Waals surface area contributed by atoms with Crippen molar-refractivity contribution in [2.75, 3.05) is 5.32 Å². The SMILES string of the molecule is CCc1cc(C(=O)Nc2cccc(C(F)(F)F)c2)no1. The Hall–Kier alpha value is -2.31. The van der Waals surface area contributed by atoms with Crippen molar-refractivity contribution in [2.45, 2.75) is 19.5 Å². The van der Waals surface area contributed by atoms with Gasteiger partial charge in [0.1, 0.15) is 5.76 Å². The number of benzene rings is 1. The van der Waals surface area contributed by atoms with Gasteiger partial charge in [0.15, 0.2) is 5.69 Å². The lowest BCUT2D eigenvalue weighted by molar-refractivity contribution is -0.137. The molecule has 2 aromatic rings. The summed E-state index contributed by atoms with van der Waals surface area (Å²) < 4.78 is 42.5. The molecule has 4 nitrogen and oxygen atoms in total. The van der Waals surface area contributed by atoms with Crippen molar-refractivity contribution >= 4 is 11.6 Å². The molecule has 0 unspecified atom stereocenters. The third-order valence-corrected chi connectivity index (χ3v) is 2.59. The van der Waals surface area contributed by atoms with E-state index in [1.54, 1.807) is 0 Å². The van der Waals surface area contributed by atoms with Crippen LogP contribution in [0.1, 0.15) is 28.7 Å². The van der Waals surface area contributed by atoms with Crippen LogP contribution in [0.5, 0.6) is 0 Å². The number of nitrogens with one attached hydrogen (secondary N) is 1. The van der Waals surface area contributed by atoms with Gasteiger partial charge in [-0.1, -0.05) is 18.1 Å². The summed E-state index contributed by atoms with van der Waals surface area (Å²) in [6.07, 6.45) is -3.88. The fourth-order valence-electron chi connectivity index (χ4n) is 1.56. The Labute approximate surface area is 112 Å². The van der Waals surface area contributed by atoms with Gasteiger partial charge < -0.3 is 9.84 Å². The summed E-state index contributed by atoms with van der Waals surface area (Å²) in [5.74, 6) is -0.0908. The van der Waals surface area contributed by atoms with Crippen LogP contribution in [0.2, 0.25) is 0 Å². The van der Waals surface area contributed by atoms with E-state index in [0.717, 1.165) is 12.1 Å². The standard InChI is InChI=1S/C13H11F3N2O2/c1-2-10-7-11(18-20-10)12(19)17-9-5-3-4-8(6-9)13(14,15)16/h3-7H,2H2,1H3,(H,17,19).